The van der Waals surface area contributed by atoms with E-state index in [0.29, 0.717) is 5.56 Å². The molecule has 3 heterocycles. The number of nitrogens with zero attached hydrogens (tertiary/aromatic N) is 2. The number of rotatable bonds is 3. The van der Waals surface area contributed by atoms with Crippen molar-refractivity contribution in [2.75, 3.05) is 9.80 Å². The molecule has 7 aromatic rings. The summed E-state index contributed by atoms with van der Waals surface area (Å²) in [7, 11) is 0. The summed E-state index contributed by atoms with van der Waals surface area (Å²) in [5.74, 6) is 0. The van der Waals surface area contributed by atoms with Crippen LogP contribution in [0.4, 0.5) is 34.1 Å². The third-order valence-corrected chi connectivity index (χ3v) is 21.8. The molecule has 0 spiro atoms. The molecular weight excluding hydrogens is 912 g/mol. The van der Waals surface area contributed by atoms with E-state index < -0.39 is 0 Å². The molecule has 74 heavy (non-hydrogen) atoms. The fraction of sp³-hybridized carbons (Fsp3) is 0.457. The van der Waals surface area contributed by atoms with Crippen LogP contribution in [0.3, 0.4) is 0 Å². The van der Waals surface area contributed by atoms with E-state index in [-0.39, 0.29) is 85.8 Å². The highest BCUT2D eigenvalue weighted by Gasteiger charge is 2.50. The summed E-state index contributed by atoms with van der Waals surface area (Å²) in [6.45, 7) is 38.6. The number of benzene rings is 6. The monoisotopic (exact) mass is 998 g/mol. The van der Waals surface area contributed by atoms with Gasteiger partial charge in [-0.25, -0.2) is 0 Å². The SMILES string of the molecule is [2H]c1c([2H])c([2H])c(-c2cc3c4c(c2)N(c2ccc5c(c2)C(C)(C)CCC5(C)C)c2c(sc5cc6c(cc25)C(C)(C)CCC6(C)C)B4c2cc4c(cc2N3c2ccc3c(c2)C(C)(C)CCC3(C)C)C(C)(C)CCC4(C)C)c([2H])c1[2H]. The summed E-state index contributed by atoms with van der Waals surface area (Å²) in [6, 6.07) is 27.9. The van der Waals surface area contributed by atoms with E-state index in [1.54, 1.807) is 0 Å². The molecule has 0 saturated heterocycles. The normalized spacial score (nSPS) is 23.1. The largest absolute Gasteiger partial charge is 0.311 e. The highest BCUT2D eigenvalue weighted by atomic mass is 32.1. The van der Waals surface area contributed by atoms with E-state index in [9.17, 15) is 2.74 Å². The maximum atomic E-state index is 9.66. The van der Waals surface area contributed by atoms with Crippen LogP contribution in [0.15, 0.2) is 103 Å². The number of hydrogen-bond acceptors (Lipinski definition) is 3. The van der Waals surface area contributed by atoms with E-state index in [1.165, 1.54) is 76.0 Å². The first-order valence-corrected chi connectivity index (χ1v) is 29.0. The molecule has 0 atom stereocenters. The summed E-state index contributed by atoms with van der Waals surface area (Å²) in [4.78, 5) is 5.11. The number of anilines is 6. The molecule has 1 aromatic heterocycles. The molecule has 0 radical (unpaired) electrons. The van der Waals surface area contributed by atoms with Crippen LogP contribution < -0.4 is 25.5 Å². The van der Waals surface area contributed by atoms with E-state index >= 15 is 0 Å². The summed E-state index contributed by atoms with van der Waals surface area (Å²) >= 11 is 1.98. The van der Waals surface area contributed by atoms with Crippen molar-refractivity contribution in [2.24, 2.45) is 0 Å². The lowest BCUT2D eigenvalue weighted by atomic mass is 9.35. The van der Waals surface area contributed by atoms with Crippen molar-refractivity contribution in [1.82, 2.24) is 0 Å². The molecule has 0 N–H and O–H groups in total. The van der Waals surface area contributed by atoms with Gasteiger partial charge in [0.1, 0.15) is 0 Å². The first-order valence-electron chi connectivity index (χ1n) is 30.6. The Kier molecular flexibility index (Phi) is 8.93. The lowest BCUT2D eigenvalue weighted by molar-refractivity contribution is 0.332. The van der Waals surface area contributed by atoms with Crippen LogP contribution in [0.1, 0.15) is 214 Å². The summed E-state index contributed by atoms with van der Waals surface area (Å²) in [5.41, 5.74) is 20.9. The lowest BCUT2D eigenvalue weighted by Crippen LogP contribution is -2.61. The molecule has 2 aliphatic heterocycles. The molecule has 0 amide bonds. The van der Waals surface area contributed by atoms with Crippen LogP contribution >= 0.6 is 11.3 Å². The van der Waals surface area contributed by atoms with Gasteiger partial charge in [0.2, 0.25) is 0 Å². The predicted molar refractivity (Wildman–Crippen MR) is 322 cm³/mol. The van der Waals surface area contributed by atoms with Crippen molar-refractivity contribution >= 4 is 78.0 Å². The number of thiophene rings is 1. The minimum atomic E-state index is -0.381. The summed E-state index contributed by atoms with van der Waals surface area (Å²) in [5, 5.41) is 1.25. The van der Waals surface area contributed by atoms with Gasteiger partial charge in [-0.3, -0.25) is 0 Å². The Labute approximate surface area is 456 Å². The van der Waals surface area contributed by atoms with Crippen molar-refractivity contribution in [3.8, 4) is 11.1 Å². The van der Waals surface area contributed by atoms with Crippen molar-refractivity contribution in [1.29, 1.82) is 0 Å². The van der Waals surface area contributed by atoms with Crippen LogP contribution in [0.25, 0.3) is 21.2 Å². The van der Waals surface area contributed by atoms with Gasteiger partial charge in [-0.05, 0) is 216 Å². The second-order valence-corrected chi connectivity index (χ2v) is 30.3. The van der Waals surface area contributed by atoms with Crippen LogP contribution in [-0.4, -0.2) is 6.71 Å². The van der Waals surface area contributed by atoms with Crippen LogP contribution in [0.2, 0.25) is 0 Å². The zero-order valence-electron chi connectivity index (χ0n) is 52.5. The van der Waals surface area contributed by atoms with Gasteiger partial charge in [-0.15, -0.1) is 11.3 Å². The van der Waals surface area contributed by atoms with E-state index in [1.807, 2.05) is 11.3 Å². The molecule has 13 rings (SSSR count). The average molecular weight is 998 g/mol. The summed E-state index contributed by atoms with van der Waals surface area (Å²) < 4.78 is 48.9. The lowest BCUT2D eigenvalue weighted by Gasteiger charge is -2.48. The Bertz CT molecular complexity index is 3820. The first-order chi connectivity index (χ1) is 36.7. The van der Waals surface area contributed by atoms with Gasteiger partial charge >= 0.3 is 0 Å². The number of fused-ring (bicyclic) bond motifs is 10. The highest BCUT2D eigenvalue weighted by molar-refractivity contribution is 7.33. The Morgan fingerprint density at radius 1 is 0.405 bits per heavy atom. The topological polar surface area (TPSA) is 6.48 Å². The fourth-order valence-electron chi connectivity index (χ4n) is 15.1. The van der Waals surface area contributed by atoms with E-state index in [0.717, 1.165) is 79.8 Å². The Balaban J connectivity index is 1.23. The predicted octanol–water partition coefficient (Wildman–Crippen LogP) is 18.0. The zero-order valence-corrected chi connectivity index (χ0v) is 48.3. The molecule has 0 saturated carbocycles. The smallest absolute Gasteiger partial charge is 0.264 e. The second kappa shape index (κ2) is 15.3. The molecule has 2 nitrogen and oxygen atoms in total. The molecule has 6 aromatic carbocycles. The minimum absolute atomic E-state index is 0.0124. The second-order valence-electron chi connectivity index (χ2n) is 29.2. The Morgan fingerprint density at radius 2 is 0.811 bits per heavy atom. The fourth-order valence-corrected chi connectivity index (χ4v) is 16.5. The van der Waals surface area contributed by atoms with Gasteiger partial charge in [0, 0.05) is 43.3 Å². The van der Waals surface area contributed by atoms with Crippen LogP contribution in [0.5, 0.6) is 0 Å². The van der Waals surface area contributed by atoms with Gasteiger partial charge in [0.15, 0.2) is 0 Å². The quantitative estimate of drug-likeness (QED) is 0.163. The minimum Gasteiger partial charge on any atom is -0.311 e. The van der Waals surface area contributed by atoms with Gasteiger partial charge in [-0.2, -0.15) is 0 Å². The molecule has 4 heteroatoms. The van der Waals surface area contributed by atoms with Crippen molar-refractivity contribution in [2.45, 2.75) is 205 Å². The molecule has 6 aliphatic rings. The molecule has 0 fully saturated rings. The summed E-state index contributed by atoms with van der Waals surface area (Å²) in [6.07, 6.45) is 8.83. The van der Waals surface area contributed by atoms with Crippen molar-refractivity contribution in [3.05, 3.63) is 148 Å². The first kappa shape index (κ1) is 43.1. The van der Waals surface area contributed by atoms with Gasteiger partial charge in [-0.1, -0.05) is 159 Å². The Morgan fingerprint density at radius 3 is 1.31 bits per heavy atom. The maximum absolute atomic E-state index is 9.66. The molecule has 4 aliphatic carbocycles. The standard InChI is InChI=1S/C70H81BN2S/c1-63(2)26-28-65(5,6)49-36-44(22-24-47(49)63)72-56-40-53-52(68(11,12)31-32-69(53,13)14)39-55(56)71-60-57(72)34-43(42-20-18-17-19-21-42)35-58(60)73(45-23-25-48-50(37-45)66(7,8)29-27-64(48,3)4)61-46-38-51-54(41-59(46)74-62(61)71)70(15,16)33-30-67(51,9)10/h17-25,34-41H,26-33H2,1-16H3/i17D,18D,19D,20D,21D. The molecule has 0 bridgehead atoms. The molecule has 380 valence electrons. The molecule has 0 unspecified atom stereocenters. The van der Waals surface area contributed by atoms with Crippen LogP contribution in [-0.2, 0) is 43.3 Å². The zero-order chi connectivity index (χ0) is 56.6. The Hall–Kier alpha value is -5.06. The highest BCUT2D eigenvalue weighted by Crippen LogP contribution is 2.57. The van der Waals surface area contributed by atoms with Crippen molar-refractivity contribution < 1.29 is 6.85 Å². The van der Waals surface area contributed by atoms with E-state index in [2.05, 4.69) is 193 Å². The molecular formula is C70H81BN2S. The average Bonchev–Trinajstić information content (AvgIpc) is 2.70. The number of hydrogen-bond donors (Lipinski definition) is 0. The van der Waals surface area contributed by atoms with Gasteiger partial charge in [0.25, 0.3) is 6.71 Å². The maximum Gasteiger partial charge on any atom is 0.264 e. The van der Waals surface area contributed by atoms with E-state index in [4.69, 9.17) is 4.11 Å². The third-order valence-electron chi connectivity index (χ3n) is 20.6. The van der Waals surface area contributed by atoms with Gasteiger partial charge in [0.05, 0.1) is 12.5 Å². The van der Waals surface area contributed by atoms with Crippen molar-refractivity contribution in [3.63, 3.8) is 0 Å². The third kappa shape index (κ3) is 6.93. The van der Waals surface area contributed by atoms with Crippen LogP contribution in [0, 0.1) is 0 Å². The van der Waals surface area contributed by atoms with Gasteiger partial charge < -0.3 is 9.80 Å².